The number of carbonyl (C=O) groups is 1. The fourth-order valence-corrected chi connectivity index (χ4v) is 3.68. The molecule has 3 rings (SSSR count). The van der Waals surface area contributed by atoms with Crippen LogP contribution in [0.25, 0.3) is 0 Å². The lowest BCUT2D eigenvalue weighted by atomic mass is 9.95. The molecule has 7 nitrogen and oxygen atoms in total. The minimum atomic E-state index is -0.838. The van der Waals surface area contributed by atoms with Gasteiger partial charge < -0.3 is 19.3 Å². The van der Waals surface area contributed by atoms with Gasteiger partial charge in [-0.05, 0) is 17.7 Å². The molecule has 0 bridgehead atoms. The Kier molecular flexibility index (Phi) is 5.46. The summed E-state index contributed by atoms with van der Waals surface area (Å²) in [5.74, 6) is 0.686. The van der Waals surface area contributed by atoms with Gasteiger partial charge in [-0.1, -0.05) is 6.07 Å². The van der Waals surface area contributed by atoms with E-state index in [2.05, 4.69) is 9.80 Å². The van der Waals surface area contributed by atoms with Crippen LogP contribution in [-0.2, 0) is 16.1 Å². The monoisotopic (exact) mass is 350 g/mol. The number of hydrogen-bond donors (Lipinski definition) is 1. The van der Waals surface area contributed by atoms with Gasteiger partial charge in [-0.3, -0.25) is 14.6 Å². The molecule has 0 saturated carbocycles. The summed E-state index contributed by atoms with van der Waals surface area (Å²) in [5.41, 5.74) is 0.318. The summed E-state index contributed by atoms with van der Waals surface area (Å²) >= 11 is 0. The average Bonchev–Trinajstić information content (AvgIpc) is 3.13. The van der Waals surface area contributed by atoms with Gasteiger partial charge in [0.15, 0.2) is 11.5 Å². The molecule has 25 heavy (non-hydrogen) atoms. The van der Waals surface area contributed by atoms with Crippen LogP contribution in [0.15, 0.2) is 18.2 Å². The minimum Gasteiger partial charge on any atom is -0.493 e. The van der Waals surface area contributed by atoms with Gasteiger partial charge in [-0.15, -0.1) is 0 Å². The first-order valence-electron chi connectivity index (χ1n) is 8.58. The van der Waals surface area contributed by atoms with Crippen molar-refractivity contribution in [2.45, 2.75) is 18.5 Å². The van der Waals surface area contributed by atoms with E-state index < -0.39 is 11.5 Å². The van der Waals surface area contributed by atoms with Crippen LogP contribution in [0.4, 0.5) is 0 Å². The number of ether oxygens (including phenoxy) is 3. The van der Waals surface area contributed by atoms with Crippen molar-refractivity contribution in [1.82, 2.24) is 9.80 Å². The molecule has 1 aromatic rings. The quantitative estimate of drug-likeness (QED) is 0.823. The summed E-state index contributed by atoms with van der Waals surface area (Å²) in [5, 5.41) is 9.66. The Labute approximate surface area is 148 Å². The smallest absolute Gasteiger partial charge is 0.326 e. The number of methoxy groups -OCH3 is 2. The van der Waals surface area contributed by atoms with Crippen molar-refractivity contribution in [1.29, 1.82) is 0 Å². The fraction of sp³-hybridized carbons (Fsp3) is 0.611. The summed E-state index contributed by atoms with van der Waals surface area (Å²) in [4.78, 5) is 16.2. The minimum absolute atomic E-state index is 0.290. The van der Waals surface area contributed by atoms with E-state index in [9.17, 15) is 9.90 Å². The van der Waals surface area contributed by atoms with Crippen molar-refractivity contribution in [3.8, 4) is 11.5 Å². The zero-order valence-electron chi connectivity index (χ0n) is 14.9. The van der Waals surface area contributed by atoms with Crippen molar-refractivity contribution in [3.63, 3.8) is 0 Å². The molecule has 2 heterocycles. The van der Waals surface area contributed by atoms with Crippen LogP contribution in [0, 0.1) is 0 Å². The van der Waals surface area contributed by atoms with E-state index in [4.69, 9.17) is 14.2 Å². The van der Waals surface area contributed by atoms with E-state index in [0.717, 1.165) is 49.8 Å². The molecule has 2 aliphatic rings. The molecule has 1 N–H and O–H groups in total. The van der Waals surface area contributed by atoms with Crippen LogP contribution < -0.4 is 9.47 Å². The van der Waals surface area contributed by atoms with Gasteiger partial charge in [0.05, 0.1) is 20.8 Å². The maximum absolute atomic E-state index is 11.8. The Balaban J connectivity index is 1.60. The Morgan fingerprint density at radius 2 is 1.92 bits per heavy atom. The van der Waals surface area contributed by atoms with E-state index in [1.807, 2.05) is 18.2 Å². The van der Waals surface area contributed by atoms with Gasteiger partial charge in [0.2, 0.25) is 0 Å². The molecule has 0 aliphatic carbocycles. The zero-order valence-corrected chi connectivity index (χ0v) is 14.9. The molecular formula is C18H26N2O5. The second kappa shape index (κ2) is 7.59. The van der Waals surface area contributed by atoms with E-state index in [0.29, 0.717) is 13.0 Å². The van der Waals surface area contributed by atoms with Gasteiger partial charge in [0, 0.05) is 45.8 Å². The van der Waals surface area contributed by atoms with E-state index in [1.54, 1.807) is 14.2 Å². The highest BCUT2D eigenvalue weighted by Crippen LogP contribution is 2.30. The van der Waals surface area contributed by atoms with Crippen LogP contribution in [-0.4, -0.2) is 80.0 Å². The highest BCUT2D eigenvalue weighted by atomic mass is 16.5. The molecule has 0 amide bonds. The topological polar surface area (TPSA) is 71.5 Å². The largest absolute Gasteiger partial charge is 0.493 e. The second-order valence-electron chi connectivity index (χ2n) is 6.59. The molecule has 0 aromatic heterocycles. The number of nitrogens with zero attached hydrogens (tertiary/aromatic N) is 2. The van der Waals surface area contributed by atoms with Crippen molar-refractivity contribution < 1.29 is 24.1 Å². The fourth-order valence-electron chi connectivity index (χ4n) is 3.68. The first kappa shape index (κ1) is 18.0. The summed E-state index contributed by atoms with van der Waals surface area (Å²) in [6, 6.07) is 5.95. The number of carboxylic acids is 1. The van der Waals surface area contributed by atoms with Crippen molar-refractivity contribution >= 4 is 5.97 Å². The molecule has 2 aliphatic heterocycles. The number of benzene rings is 1. The maximum atomic E-state index is 11.8. The predicted molar refractivity (Wildman–Crippen MR) is 92.2 cm³/mol. The van der Waals surface area contributed by atoms with Gasteiger partial charge >= 0.3 is 5.97 Å². The Morgan fingerprint density at radius 1 is 1.20 bits per heavy atom. The lowest BCUT2D eigenvalue weighted by molar-refractivity contribution is -0.153. The van der Waals surface area contributed by atoms with Crippen LogP contribution in [0.2, 0.25) is 0 Å². The third-order valence-electron chi connectivity index (χ3n) is 5.23. The van der Waals surface area contributed by atoms with Crippen molar-refractivity contribution in [2.75, 3.05) is 53.6 Å². The Morgan fingerprint density at radius 3 is 2.48 bits per heavy atom. The maximum Gasteiger partial charge on any atom is 0.326 e. The first-order chi connectivity index (χ1) is 12.1. The van der Waals surface area contributed by atoms with E-state index in [-0.39, 0.29) is 6.61 Å². The SMILES string of the molecule is COc1ccc(CN2CCN(C3(C(=O)O)CCOC3)CC2)cc1OC. The number of piperazine rings is 1. The molecular weight excluding hydrogens is 324 g/mol. The average molecular weight is 350 g/mol. The Bertz CT molecular complexity index is 607. The first-order valence-corrected chi connectivity index (χ1v) is 8.58. The summed E-state index contributed by atoms with van der Waals surface area (Å²) in [6.45, 7) is 4.78. The molecule has 138 valence electrons. The predicted octanol–water partition coefficient (Wildman–Crippen LogP) is 1.07. The van der Waals surface area contributed by atoms with Gasteiger partial charge in [-0.2, -0.15) is 0 Å². The molecule has 2 saturated heterocycles. The third-order valence-corrected chi connectivity index (χ3v) is 5.23. The number of carboxylic acid groups (broad SMARTS) is 1. The van der Waals surface area contributed by atoms with Crippen molar-refractivity contribution in [2.24, 2.45) is 0 Å². The summed E-state index contributed by atoms with van der Waals surface area (Å²) < 4.78 is 16.0. The number of hydrogen-bond acceptors (Lipinski definition) is 6. The standard InChI is InChI=1S/C18H26N2O5/c1-23-15-4-3-14(11-16(15)24-2)12-19-6-8-20(9-7-19)18(17(21)22)5-10-25-13-18/h3-4,11H,5-10,12-13H2,1-2H3,(H,21,22). The highest BCUT2D eigenvalue weighted by molar-refractivity contribution is 5.79. The van der Waals surface area contributed by atoms with Gasteiger partial charge in [0.25, 0.3) is 0 Å². The lowest BCUT2D eigenvalue weighted by Crippen LogP contribution is -2.61. The molecule has 0 spiro atoms. The Hall–Kier alpha value is -1.83. The number of aliphatic carboxylic acids is 1. The van der Waals surface area contributed by atoms with E-state index >= 15 is 0 Å². The van der Waals surface area contributed by atoms with Crippen molar-refractivity contribution in [3.05, 3.63) is 23.8 Å². The molecule has 7 heteroatoms. The van der Waals surface area contributed by atoms with Crippen LogP contribution in [0.5, 0.6) is 11.5 Å². The van der Waals surface area contributed by atoms with Gasteiger partial charge in [0.1, 0.15) is 5.54 Å². The zero-order chi connectivity index (χ0) is 17.9. The number of rotatable bonds is 6. The third kappa shape index (κ3) is 3.58. The van der Waals surface area contributed by atoms with E-state index in [1.165, 1.54) is 0 Å². The van der Waals surface area contributed by atoms with Crippen LogP contribution in [0.1, 0.15) is 12.0 Å². The lowest BCUT2D eigenvalue weighted by Gasteiger charge is -2.42. The highest BCUT2D eigenvalue weighted by Gasteiger charge is 2.48. The summed E-state index contributed by atoms with van der Waals surface area (Å²) in [7, 11) is 3.26. The van der Waals surface area contributed by atoms with Crippen LogP contribution in [0.3, 0.4) is 0 Å². The molecule has 1 atom stereocenters. The molecule has 2 fully saturated rings. The normalized spacial score (nSPS) is 25.0. The summed E-state index contributed by atoms with van der Waals surface area (Å²) in [6.07, 6.45) is 0.567. The second-order valence-corrected chi connectivity index (χ2v) is 6.59. The van der Waals surface area contributed by atoms with Gasteiger partial charge in [-0.25, -0.2) is 0 Å². The van der Waals surface area contributed by atoms with Crippen LogP contribution >= 0.6 is 0 Å². The molecule has 1 aromatic carbocycles. The molecule has 0 radical (unpaired) electrons. The molecule has 1 unspecified atom stereocenters.